The van der Waals surface area contributed by atoms with Crippen molar-refractivity contribution in [3.63, 3.8) is 0 Å². The van der Waals surface area contributed by atoms with Crippen molar-refractivity contribution in [3.05, 3.63) is 42.0 Å². The van der Waals surface area contributed by atoms with Crippen LogP contribution in [0.4, 0.5) is 10.2 Å². The second-order valence-corrected chi connectivity index (χ2v) is 3.35. The van der Waals surface area contributed by atoms with Crippen molar-refractivity contribution >= 4 is 5.82 Å². The molecule has 0 aliphatic rings. The summed E-state index contributed by atoms with van der Waals surface area (Å²) in [7, 11) is 1.70. The second kappa shape index (κ2) is 5.10. The number of halogens is 1. The number of nitriles is 1. The molecule has 0 fully saturated rings. The van der Waals surface area contributed by atoms with Gasteiger partial charge in [0.2, 0.25) is 5.88 Å². The number of hydrogen-bond acceptors (Lipinski definition) is 5. The molecule has 0 atom stereocenters. The zero-order valence-corrected chi connectivity index (χ0v) is 9.51. The average Bonchev–Trinajstić information content (AvgIpc) is 2.41. The lowest BCUT2D eigenvalue weighted by Crippen LogP contribution is -1.96. The lowest BCUT2D eigenvalue weighted by molar-refractivity contribution is 0.426. The summed E-state index contributed by atoms with van der Waals surface area (Å²) >= 11 is 0. The minimum absolute atomic E-state index is 0.00903. The van der Waals surface area contributed by atoms with Crippen molar-refractivity contribution in [2.24, 2.45) is 0 Å². The van der Waals surface area contributed by atoms with Crippen LogP contribution in [0.2, 0.25) is 0 Å². The van der Waals surface area contributed by atoms with Gasteiger partial charge in [-0.1, -0.05) is 0 Å². The van der Waals surface area contributed by atoms with E-state index in [1.54, 1.807) is 7.05 Å². The van der Waals surface area contributed by atoms with Crippen molar-refractivity contribution in [1.29, 1.82) is 5.26 Å². The second-order valence-electron chi connectivity index (χ2n) is 3.35. The highest BCUT2D eigenvalue weighted by Gasteiger charge is 2.07. The molecule has 90 valence electrons. The monoisotopic (exact) mass is 244 g/mol. The van der Waals surface area contributed by atoms with Crippen LogP contribution < -0.4 is 10.1 Å². The van der Waals surface area contributed by atoms with E-state index < -0.39 is 5.82 Å². The maximum atomic E-state index is 13.6. The third-order valence-corrected chi connectivity index (χ3v) is 2.17. The molecule has 0 radical (unpaired) electrons. The van der Waals surface area contributed by atoms with Gasteiger partial charge < -0.3 is 10.1 Å². The summed E-state index contributed by atoms with van der Waals surface area (Å²) in [6, 6.07) is 7.35. The summed E-state index contributed by atoms with van der Waals surface area (Å²) < 4.78 is 18.8. The lowest BCUT2D eigenvalue weighted by Gasteiger charge is -2.06. The number of rotatable bonds is 3. The molecular weight excluding hydrogens is 235 g/mol. The van der Waals surface area contributed by atoms with E-state index in [4.69, 9.17) is 10.00 Å². The smallest absolute Gasteiger partial charge is 0.224 e. The molecule has 0 amide bonds. The number of nitrogens with zero attached hydrogens (tertiary/aromatic N) is 3. The number of ether oxygens (including phenoxy) is 1. The summed E-state index contributed by atoms with van der Waals surface area (Å²) in [5.74, 6) is 0.181. The quantitative estimate of drug-likeness (QED) is 0.897. The molecule has 2 aromatic rings. The molecule has 2 rings (SSSR count). The van der Waals surface area contributed by atoms with Crippen LogP contribution in [-0.2, 0) is 0 Å². The van der Waals surface area contributed by atoms with Crippen LogP contribution in [0.5, 0.6) is 11.6 Å². The Morgan fingerprint density at radius 2 is 2.17 bits per heavy atom. The van der Waals surface area contributed by atoms with Crippen molar-refractivity contribution in [2.75, 3.05) is 12.4 Å². The molecule has 18 heavy (non-hydrogen) atoms. The Labute approximate surface area is 103 Å². The predicted molar refractivity (Wildman–Crippen MR) is 62.8 cm³/mol. The molecule has 0 aliphatic heterocycles. The maximum Gasteiger partial charge on any atom is 0.224 e. The topological polar surface area (TPSA) is 70.8 Å². The number of aromatic nitrogens is 2. The van der Waals surface area contributed by atoms with Gasteiger partial charge in [0, 0.05) is 13.1 Å². The Morgan fingerprint density at radius 1 is 1.33 bits per heavy atom. The highest BCUT2D eigenvalue weighted by Crippen LogP contribution is 2.24. The van der Waals surface area contributed by atoms with E-state index in [9.17, 15) is 4.39 Å². The molecule has 0 bridgehead atoms. The molecule has 0 aliphatic carbocycles. The minimum atomic E-state index is -0.612. The van der Waals surface area contributed by atoms with E-state index >= 15 is 0 Å². The molecule has 1 aromatic heterocycles. The van der Waals surface area contributed by atoms with E-state index in [1.165, 1.54) is 24.5 Å². The van der Waals surface area contributed by atoms with Crippen LogP contribution in [0.15, 0.2) is 30.6 Å². The molecule has 1 heterocycles. The fourth-order valence-corrected chi connectivity index (χ4v) is 1.30. The average molecular weight is 244 g/mol. The highest BCUT2D eigenvalue weighted by molar-refractivity contribution is 5.40. The normalized spacial score (nSPS) is 9.61. The Kier molecular flexibility index (Phi) is 3.34. The zero-order valence-electron chi connectivity index (χ0n) is 9.51. The van der Waals surface area contributed by atoms with Gasteiger partial charge in [0.15, 0.2) is 11.6 Å². The summed E-state index contributed by atoms with van der Waals surface area (Å²) in [6.07, 6.45) is 1.31. The van der Waals surface area contributed by atoms with Crippen molar-refractivity contribution in [3.8, 4) is 17.7 Å². The summed E-state index contributed by atoms with van der Waals surface area (Å²) in [6.45, 7) is 0. The van der Waals surface area contributed by atoms with Gasteiger partial charge in [-0.15, -0.1) is 0 Å². The summed E-state index contributed by atoms with van der Waals surface area (Å²) in [5, 5.41) is 11.4. The first-order valence-corrected chi connectivity index (χ1v) is 5.10. The molecule has 0 spiro atoms. The summed E-state index contributed by atoms with van der Waals surface area (Å²) in [4.78, 5) is 7.77. The highest BCUT2D eigenvalue weighted by atomic mass is 19.1. The van der Waals surface area contributed by atoms with Gasteiger partial charge in [-0.2, -0.15) is 5.26 Å². The zero-order chi connectivity index (χ0) is 13.0. The van der Waals surface area contributed by atoms with Crippen molar-refractivity contribution in [2.45, 2.75) is 0 Å². The molecule has 6 heteroatoms. The fourth-order valence-electron chi connectivity index (χ4n) is 1.30. The predicted octanol–water partition coefficient (Wildman–Crippen LogP) is 2.32. The molecule has 1 N–H and O–H groups in total. The number of hydrogen-bond donors (Lipinski definition) is 1. The van der Waals surface area contributed by atoms with E-state index in [2.05, 4.69) is 15.3 Å². The van der Waals surface area contributed by atoms with E-state index in [-0.39, 0.29) is 17.2 Å². The van der Waals surface area contributed by atoms with Crippen LogP contribution >= 0.6 is 0 Å². The SMILES string of the molecule is CNc1cc(Oc2ccc(C#N)cc2F)ncn1. The molecule has 1 aromatic carbocycles. The van der Waals surface area contributed by atoms with Gasteiger partial charge >= 0.3 is 0 Å². The largest absolute Gasteiger partial charge is 0.436 e. The van der Waals surface area contributed by atoms with E-state index in [0.29, 0.717) is 5.82 Å². The maximum absolute atomic E-state index is 13.6. The molecular formula is C12H9FN4O. The van der Waals surface area contributed by atoms with Crippen LogP contribution in [0.1, 0.15) is 5.56 Å². The van der Waals surface area contributed by atoms with Crippen molar-refractivity contribution in [1.82, 2.24) is 9.97 Å². The first-order chi connectivity index (χ1) is 8.72. The van der Waals surface area contributed by atoms with Gasteiger partial charge in [0.05, 0.1) is 11.6 Å². The van der Waals surface area contributed by atoms with Gasteiger partial charge in [-0.25, -0.2) is 14.4 Å². The number of anilines is 1. The summed E-state index contributed by atoms with van der Waals surface area (Å²) in [5.41, 5.74) is 0.235. The van der Waals surface area contributed by atoms with E-state index in [1.807, 2.05) is 6.07 Å². The Balaban J connectivity index is 2.26. The molecule has 0 saturated carbocycles. The van der Waals surface area contributed by atoms with Crippen molar-refractivity contribution < 1.29 is 9.13 Å². The van der Waals surface area contributed by atoms with Gasteiger partial charge in [-0.3, -0.25) is 0 Å². The number of benzene rings is 1. The Hall–Kier alpha value is -2.68. The number of nitrogens with one attached hydrogen (secondary N) is 1. The third kappa shape index (κ3) is 2.52. The standard InChI is InChI=1S/C12H9FN4O/c1-15-11-5-12(17-7-16-11)18-10-3-2-8(6-14)4-9(10)13/h2-5,7H,1H3,(H,15,16,17). The van der Waals surface area contributed by atoms with E-state index in [0.717, 1.165) is 6.07 Å². The molecule has 0 saturated heterocycles. The van der Waals surface area contributed by atoms with Crippen LogP contribution in [-0.4, -0.2) is 17.0 Å². The fraction of sp³-hybridized carbons (Fsp3) is 0.0833. The molecule has 5 nitrogen and oxygen atoms in total. The van der Waals surface area contributed by atoms with Gasteiger partial charge in [0.1, 0.15) is 12.1 Å². The van der Waals surface area contributed by atoms with Gasteiger partial charge in [-0.05, 0) is 18.2 Å². The minimum Gasteiger partial charge on any atom is -0.436 e. The third-order valence-electron chi connectivity index (χ3n) is 2.17. The Morgan fingerprint density at radius 3 is 2.83 bits per heavy atom. The molecule has 0 unspecified atom stereocenters. The Bertz CT molecular complexity index is 609. The van der Waals surface area contributed by atoms with Crippen LogP contribution in [0, 0.1) is 17.1 Å². The lowest BCUT2D eigenvalue weighted by atomic mass is 10.2. The van der Waals surface area contributed by atoms with Gasteiger partial charge in [0.25, 0.3) is 0 Å². The van der Waals surface area contributed by atoms with Crippen LogP contribution in [0.3, 0.4) is 0 Å². The first-order valence-electron chi connectivity index (χ1n) is 5.10. The van der Waals surface area contributed by atoms with Crippen LogP contribution in [0.25, 0.3) is 0 Å². The first kappa shape index (κ1) is 11.8.